The fourth-order valence-electron chi connectivity index (χ4n) is 2.83. The van der Waals surface area contributed by atoms with Crippen LogP contribution in [0.3, 0.4) is 0 Å². The first-order chi connectivity index (χ1) is 14.2. The third kappa shape index (κ3) is 5.99. The zero-order chi connectivity index (χ0) is 20.5. The maximum atomic E-state index is 12.6. The molecule has 1 atom stereocenters. The summed E-state index contributed by atoms with van der Waals surface area (Å²) in [6.45, 7) is 0.492. The molecule has 3 rings (SSSR count). The third-order valence-electron chi connectivity index (χ3n) is 4.40. The zero-order valence-corrected chi connectivity index (χ0v) is 17.0. The molecule has 0 bridgehead atoms. The summed E-state index contributed by atoms with van der Waals surface area (Å²) >= 11 is 1.63. The number of amides is 2. The van der Waals surface area contributed by atoms with E-state index in [4.69, 9.17) is 4.42 Å². The Kier molecular flexibility index (Phi) is 7.52. The van der Waals surface area contributed by atoms with Gasteiger partial charge in [-0.3, -0.25) is 9.59 Å². The van der Waals surface area contributed by atoms with Crippen molar-refractivity contribution < 1.29 is 14.0 Å². The number of hydrogen-bond acceptors (Lipinski definition) is 5. The summed E-state index contributed by atoms with van der Waals surface area (Å²) in [6.07, 6.45) is 8.28. The predicted octanol–water partition coefficient (Wildman–Crippen LogP) is 2.68. The SMILES string of the molecule is CSCCC(NC(=O)c1ccco1)C(=O)NCCc1ccc(-n2cccn2)cc1. The van der Waals surface area contributed by atoms with Crippen LogP contribution in [0.2, 0.25) is 0 Å². The molecule has 3 aromatic rings. The quantitative estimate of drug-likeness (QED) is 0.534. The number of aromatic nitrogens is 2. The molecule has 2 amide bonds. The van der Waals surface area contributed by atoms with Gasteiger partial charge in [0.15, 0.2) is 5.76 Å². The van der Waals surface area contributed by atoms with Crippen molar-refractivity contribution in [3.8, 4) is 5.69 Å². The van der Waals surface area contributed by atoms with Crippen LogP contribution in [0.5, 0.6) is 0 Å². The number of carbonyl (C=O) groups excluding carboxylic acids is 2. The van der Waals surface area contributed by atoms with Crippen LogP contribution >= 0.6 is 11.8 Å². The lowest BCUT2D eigenvalue weighted by molar-refractivity contribution is -0.123. The molecule has 2 N–H and O–H groups in total. The van der Waals surface area contributed by atoms with E-state index in [1.165, 1.54) is 6.26 Å². The van der Waals surface area contributed by atoms with E-state index < -0.39 is 6.04 Å². The molecule has 152 valence electrons. The normalized spacial score (nSPS) is 11.8. The molecule has 0 radical (unpaired) electrons. The van der Waals surface area contributed by atoms with Crippen LogP contribution < -0.4 is 10.6 Å². The lowest BCUT2D eigenvalue weighted by Gasteiger charge is -2.17. The number of rotatable bonds is 10. The van der Waals surface area contributed by atoms with E-state index in [1.807, 2.05) is 42.8 Å². The minimum Gasteiger partial charge on any atom is -0.459 e. The van der Waals surface area contributed by atoms with Gasteiger partial charge in [-0.05, 0) is 60.7 Å². The topological polar surface area (TPSA) is 89.2 Å². The Labute approximate surface area is 173 Å². The number of nitrogens with one attached hydrogen (secondary N) is 2. The molecular weight excluding hydrogens is 388 g/mol. The Morgan fingerprint density at radius 1 is 1.21 bits per heavy atom. The van der Waals surface area contributed by atoms with E-state index in [1.54, 1.807) is 34.8 Å². The van der Waals surface area contributed by atoms with Crippen LogP contribution in [0.15, 0.2) is 65.5 Å². The number of nitrogens with zero attached hydrogens (tertiary/aromatic N) is 2. The number of hydrogen-bond donors (Lipinski definition) is 2. The van der Waals surface area contributed by atoms with E-state index in [0.29, 0.717) is 19.4 Å². The van der Waals surface area contributed by atoms with E-state index in [-0.39, 0.29) is 17.6 Å². The van der Waals surface area contributed by atoms with Crippen molar-refractivity contribution in [2.75, 3.05) is 18.6 Å². The third-order valence-corrected chi connectivity index (χ3v) is 5.04. The summed E-state index contributed by atoms with van der Waals surface area (Å²) in [5.74, 6) is 0.396. The summed E-state index contributed by atoms with van der Waals surface area (Å²) < 4.78 is 6.90. The van der Waals surface area contributed by atoms with Crippen molar-refractivity contribution in [3.63, 3.8) is 0 Å². The van der Waals surface area contributed by atoms with E-state index >= 15 is 0 Å². The molecule has 0 aliphatic rings. The Bertz CT molecular complexity index is 893. The molecule has 1 aromatic carbocycles. The lowest BCUT2D eigenvalue weighted by Crippen LogP contribution is -2.47. The highest BCUT2D eigenvalue weighted by molar-refractivity contribution is 7.98. The average molecular weight is 413 g/mol. The second-order valence-electron chi connectivity index (χ2n) is 6.44. The van der Waals surface area contributed by atoms with Crippen molar-refractivity contribution in [2.45, 2.75) is 18.9 Å². The number of benzene rings is 1. The molecule has 2 aromatic heterocycles. The molecule has 8 heteroatoms. The van der Waals surface area contributed by atoms with Gasteiger partial charge in [0.2, 0.25) is 5.91 Å². The van der Waals surface area contributed by atoms with Gasteiger partial charge in [0, 0.05) is 18.9 Å². The maximum Gasteiger partial charge on any atom is 0.287 e. The summed E-state index contributed by atoms with van der Waals surface area (Å²) in [7, 11) is 0. The van der Waals surface area contributed by atoms with Gasteiger partial charge in [0.25, 0.3) is 5.91 Å². The Morgan fingerprint density at radius 3 is 2.69 bits per heavy atom. The van der Waals surface area contributed by atoms with Gasteiger partial charge < -0.3 is 15.1 Å². The average Bonchev–Trinajstić information content (AvgIpc) is 3.45. The monoisotopic (exact) mass is 412 g/mol. The number of thioether (sulfide) groups is 1. The van der Waals surface area contributed by atoms with E-state index in [2.05, 4.69) is 15.7 Å². The largest absolute Gasteiger partial charge is 0.459 e. The first kappa shape index (κ1) is 20.7. The maximum absolute atomic E-state index is 12.6. The summed E-state index contributed by atoms with van der Waals surface area (Å²) in [4.78, 5) is 24.8. The number of furan rings is 1. The number of carbonyl (C=O) groups is 2. The first-order valence-corrected chi connectivity index (χ1v) is 10.8. The molecule has 0 fully saturated rings. The highest BCUT2D eigenvalue weighted by atomic mass is 32.2. The van der Waals surface area contributed by atoms with Gasteiger partial charge in [0.05, 0.1) is 12.0 Å². The highest BCUT2D eigenvalue weighted by Crippen LogP contribution is 2.09. The van der Waals surface area contributed by atoms with Gasteiger partial charge in [-0.2, -0.15) is 16.9 Å². The van der Waals surface area contributed by atoms with Crippen LogP contribution in [0.25, 0.3) is 5.69 Å². The second-order valence-corrected chi connectivity index (χ2v) is 7.43. The first-order valence-electron chi connectivity index (χ1n) is 9.37. The smallest absolute Gasteiger partial charge is 0.287 e. The standard InChI is InChI=1S/C21H24N4O3S/c1-29-15-10-18(24-21(27)19-4-2-14-28-19)20(26)22-12-9-16-5-7-17(8-6-16)25-13-3-11-23-25/h2-8,11,13-14,18H,9-10,12,15H2,1H3,(H,22,26)(H,24,27). The zero-order valence-electron chi connectivity index (χ0n) is 16.2. The van der Waals surface area contributed by atoms with Gasteiger partial charge in [-0.15, -0.1) is 0 Å². The highest BCUT2D eigenvalue weighted by Gasteiger charge is 2.21. The van der Waals surface area contributed by atoms with Crippen molar-refractivity contribution in [1.82, 2.24) is 20.4 Å². The van der Waals surface area contributed by atoms with Gasteiger partial charge in [-0.1, -0.05) is 12.1 Å². The second kappa shape index (κ2) is 10.5. The van der Waals surface area contributed by atoms with Crippen molar-refractivity contribution in [3.05, 3.63) is 72.4 Å². The predicted molar refractivity (Wildman–Crippen MR) is 113 cm³/mol. The summed E-state index contributed by atoms with van der Waals surface area (Å²) in [5.41, 5.74) is 2.10. The molecule has 2 heterocycles. The Morgan fingerprint density at radius 2 is 2.03 bits per heavy atom. The van der Waals surface area contributed by atoms with Gasteiger partial charge in [-0.25, -0.2) is 4.68 Å². The van der Waals surface area contributed by atoms with Crippen LogP contribution in [-0.2, 0) is 11.2 Å². The van der Waals surface area contributed by atoms with Crippen molar-refractivity contribution in [1.29, 1.82) is 0 Å². The lowest BCUT2D eigenvalue weighted by atomic mass is 10.1. The van der Waals surface area contributed by atoms with Gasteiger partial charge in [0.1, 0.15) is 6.04 Å². The molecule has 29 heavy (non-hydrogen) atoms. The van der Waals surface area contributed by atoms with Crippen LogP contribution in [0.4, 0.5) is 0 Å². The van der Waals surface area contributed by atoms with Crippen molar-refractivity contribution >= 4 is 23.6 Å². The molecule has 0 saturated carbocycles. The van der Waals surface area contributed by atoms with Gasteiger partial charge >= 0.3 is 0 Å². The minimum atomic E-state index is -0.595. The van der Waals surface area contributed by atoms with E-state index in [9.17, 15) is 9.59 Å². The van der Waals surface area contributed by atoms with Crippen LogP contribution in [-0.4, -0.2) is 46.2 Å². The molecule has 1 unspecified atom stereocenters. The Balaban J connectivity index is 1.50. The summed E-state index contributed by atoms with van der Waals surface area (Å²) in [6, 6.07) is 12.5. The molecule has 0 spiro atoms. The Hall–Kier alpha value is -3.00. The van der Waals surface area contributed by atoms with Crippen LogP contribution in [0.1, 0.15) is 22.5 Å². The molecule has 7 nitrogen and oxygen atoms in total. The summed E-state index contributed by atoms with van der Waals surface area (Å²) in [5, 5.41) is 9.88. The van der Waals surface area contributed by atoms with Crippen molar-refractivity contribution in [2.24, 2.45) is 0 Å². The fraction of sp³-hybridized carbons (Fsp3) is 0.286. The molecule has 0 saturated heterocycles. The molecular formula is C21H24N4O3S. The van der Waals surface area contributed by atoms with E-state index in [0.717, 1.165) is 17.0 Å². The minimum absolute atomic E-state index is 0.188. The molecule has 0 aliphatic heterocycles. The fourth-order valence-corrected chi connectivity index (χ4v) is 3.30. The molecule has 0 aliphatic carbocycles. The van der Waals surface area contributed by atoms with Crippen LogP contribution in [0, 0.1) is 0 Å².